The van der Waals surface area contributed by atoms with Crippen LogP contribution in [-0.4, -0.2) is 66.5 Å². The summed E-state index contributed by atoms with van der Waals surface area (Å²) in [5, 5.41) is 15.7. The molecule has 0 saturated carbocycles. The predicted octanol–water partition coefficient (Wildman–Crippen LogP) is 5.02. The van der Waals surface area contributed by atoms with Gasteiger partial charge in [0.1, 0.15) is 18.2 Å². The molecular weight excluding hydrogens is 544 g/mol. The highest BCUT2D eigenvalue weighted by Crippen LogP contribution is 2.32. The van der Waals surface area contributed by atoms with Crippen LogP contribution in [0, 0.1) is 0 Å². The molecule has 2 heterocycles. The quantitative estimate of drug-likeness (QED) is 0.211. The zero-order valence-electron chi connectivity index (χ0n) is 22.4. The van der Waals surface area contributed by atoms with Crippen LogP contribution in [0.4, 0.5) is 16.3 Å². The fourth-order valence-corrected chi connectivity index (χ4v) is 4.47. The topological polar surface area (TPSA) is 121 Å². The van der Waals surface area contributed by atoms with Crippen LogP contribution < -0.4 is 20.7 Å². The number of nitrogens with zero attached hydrogens (tertiary/aromatic N) is 2. The maximum atomic E-state index is 12.9. The van der Waals surface area contributed by atoms with E-state index in [2.05, 4.69) is 31.0 Å². The van der Waals surface area contributed by atoms with E-state index in [9.17, 15) is 9.59 Å². The third-order valence-electron chi connectivity index (χ3n) is 6.58. The molecule has 10 nitrogen and oxygen atoms in total. The summed E-state index contributed by atoms with van der Waals surface area (Å²) in [4.78, 5) is 27.5. The Labute approximate surface area is 243 Å². The van der Waals surface area contributed by atoms with Crippen molar-refractivity contribution in [3.8, 4) is 16.9 Å². The van der Waals surface area contributed by atoms with E-state index in [-0.39, 0.29) is 11.9 Å². The van der Waals surface area contributed by atoms with E-state index in [1.165, 1.54) is 0 Å². The van der Waals surface area contributed by atoms with Crippen LogP contribution in [0.5, 0.6) is 5.75 Å². The number of amides is 3. The van der Waals surface area contributed by atoms with Gasteiger partial charge in [0.2, 0.25) is 0 Å². The smallest absolute Gasteiger partial charge is 0.319 e. The van der Waals surface area contributed by atoms with Crippen molar-refractivity contribution in [1.82, 2.24) is 20.4 Å². The van der Waals surface area contributed by atoms with Gasteiger partial charge in [0, 0.05) is 54.1 Å². The molecule has 0 bridgehead atoms. The molecule has 1 fully saturated rings. The number of nitrogens with one attached hydrogen (secondary N) is 4. The molecule has 0 radical (unpaired) electrons. The summed E-state index contributed by atoms with van der Waals surface area (Å²) < 4.78 is 11.6. The van der Waals surface area contributed by atoms with E-state index in [0.717, 1.165) is 49.5 Å². The van der Waals surface area contributed by atoms with Gasteiger partial charge in [-0.15, -0.1) is 0 Å². The van der Waals surface area contributed by atoms with Gasteiger partial charge in [-0.1, -0.05) is 35.9 Å². The highest BCUT2D eigenvalue weighted by molar-refractivity contribution is 6.30. The molecule has 41 heavy (non-hydrogen) atoms. The molecule has 1 aliphatic heterocycles. The normalized spacial score (nSPS) is 13.4. The minimum absolute atomic E-state index is 0.261. The Balaban J connectivity index is 1.27. The van der Waals surface area contributed by atoms with Gasteiger partial charge in [-0.05, 0) is 53.6 Å². The van der Waals surface area contributed by atoms with Crippen molar-refractivity contribution in [2.24, 2.45) is 0 Å². The van der Waals surface area contributed by atoms with E-state index in [0.29, 0.717) is 41.0 Å². The fraction of sp³-hybridized carbons (Fsp3) is 0.233. The van der Waals surface area contributed by atoms with Crippen molar-refractivity contribution in [2.75, 3.05) is 50.1 Å². The Morgan fingerprint density at radius 1 is 0.976 bits per heavy atom. The number of hydrogen-bond donors (Lipinski definition) is 4. The lowest BCUT2D eigenvalue weighted by Gasteiger charge is -2.26. The standard InChI is InChI=1S/C30H31ClN6O4/c31-24-6-8-25(9-7-24)34-30(39)32-20-21-1-3-22(4-2-21)26-19-23(29(38)35-28-11-12-33-36-28)5-10-27(26)41-18-15-37-13-16-40-17-14-37/h1-12,19H,13-18,20H2,(H2,32,34,39)(H2,33,35,36,38). The molecule has 1 saturated heterocycles. The van der Waals surface area contributed by atoms with Crippen LogP contribution in [0.3, 0.4) is 0 Å². The van der Waals surface area contributed by atoms with Gasteiger partial charge in [0.15, 0.2) is 0 Å². The van der Waals surface area contributed by atoms with Gasteiger partial charge in [-0.2, -0.15) is 5.10 Å². The minimum atomic E-state index is -0.316. The van der Waals surface area contributed by atoms with Crippen molar-refractivity contribution >= 4 is 35.0 Å². The Hall–Kier alpha value is -4.38. The molecule has 3 amide bonds. The first kappa shape index (κ1) is 28.2. The lowest BCUT2D eigenvalue weighted by atomic mass is 10.00. The Bertz CT molecular complexity index is 1440. The maximum absolute atomic E-state index is 12.9. The summed E-state index contributed by atoms with van der Waals surface area (Å²) in [5.74, 6) is 0.937. The van der Waals surface area contributed by atoms with Gasteiger partial charge < -0.3 is 25.4 Å². The average molecular weight is 575 g/mol. The van der Waals surface area contributed by atoms with Gasteiger partial charge in [-0.3, -0.25) is 14.8 Å². The van der Waals surface area contributed by atoms with Crippen molar-refractivity contribution in [3.05, 3.63) is 95.1 Å². The van der Waals surface area contributed by atoms with E-state index in [1.807, 2.05) is 36.4 Å². The summed E-state index contributed by atoms with van der Waals surface area (Å²) in [7, 11) is 0. The number of rotatable bonds is 10. The number of aromatic nitrogens is 2. The molecule has 11 heteroatoms. The van der Waals surface area contributed by atoms with Crippen LogP contribution in [0.15, 0.2) is 79.0 Å². The number of morpholine rings is 1. The van der Waals surface area contributed by atoms with Crippen LogP contribution in [0.25, 0.3) is 11.1 Å². The number of ether oxygens (including phenoxy) is 2. The van der Waals surface area contributed by atoms with Crippen LogP contribution in [0.1, 0.15) is 15.9 Å². The largest absolute Gasteiger partial charge is 0.492 e. The molecule has 0 unspecified atom stereocenters. The van der Waals surface area contributed by atoms with Crippen LogP contribution in [0.2, 0.25) is 5.02 Å². The second-order valence-corrected chi connectivity index (χ2v) is 9.89. The molecular formula is C30H31ClN6O4. The SMILES string of the molecule is O=C(NCc1ccc(-c2cc(C(=O)Nc3ccn[nH]3)ccc2OCCN2CCOCC2)cc1)Nc1ccc(Cl)cc1. The highest BCUT2D eigenvalue weighted by Gasteiger charge is 2.15. The molecule has 4 N–H and O–H groups in total. The van der Waals surface area contributed by atoms with Crippen molar-refractivity contribution < 1.29 is 19.1 Å². The first-order valence-corrected chi connectivity index (χ1v) is 13.7. The summed E-state index contributed by atoms with van der Waals surface area (Å²) in [5.41, 5.74) is 3.74. The third-order valence-corrected chi connectivity index (χ3v) is 6.83. The number of carbonyl (C=O) groups excluding carboxylic acids is 2. The molecule has 1 aliphatic rings. The number of benzene rings is 3. The summed E-state index contributed by atoms with van der Waals surface area (Å²) >= 11 is 5.90. The molecule has 0 spiro atoms. The monoisotopic (exact) mass is 574 g/mol. The molecule has 212 valence electrons. The number of aromatic amines is 1. The number of anilines is 2. The first-order valence-electron chi connectivity index (χ1n) is 13.3. The van der Waals surface area contributed by atoms with Crippen LogP contribution >= 0.6 is 11.6 Å². The molecule has 4 aromatic rings. The minimum Gasteiger partial charge on any atom is -0.492 e. The van der Waals surface area contributed by atoms with Gasteiger partial charge in [0.05, 0.1) is 19.4 Å². The van der Waals surface area contributed by atoms with Crippen LogP contribution in [-0.2, 0) is 11.3 Å². The maximum Gasteiger partial charge on any atom is 0.319 e. The Morgan fingerprint density at radius 3 is 2.49 bits per heavy atom. The number of halogens is 1. The molecule has 5 rings (SSSR count). The van der Waals surface area contributed by atoms with Gasteiger partial charge >= 0.3 is 6.03 Å². The van der Waals surface area contributed by atoms with E-state index < -0.39 is 0 Å². The lowest BCUT2D eigenvalue weighted by molar-refractivity contribution is 0.0323. The van der Waals surface area contributed by atoms with Gasteiger partial charge in [0.25, 0.3) is 5.91 Å². The predicted molar refractivity (Wildman–Crippen MR) is 158 cm³/mol. The number of urea groups is 1. The Kier molecular flexibility index (Phi) is 9.48. The van der Waals surface area contributed by atoms with Gasteiger partial charge in [-0.25, -0.2) is 4.79 Å². The second kappa shape index (κ2) is 13.8. The summed E-state index contributed by atoms with van der Waals surface area (Å²) in [6.45, 7) is 4.87. The zero-order valence-corrected chi connectivity index (χ0v) is 23.1. The van der Waals surface area contributed by atoms with E-state index >= 15 is 0 Å². The zero-order chi connectivity index (χ0) is 28.4. The number of hydrogen-bond acceptors (Lipinski definition) is 6. The van der Waals surface area contributed by atoms with Crippen molar-refractivity contribution in [3.63, 3.8) is 0 Å². The molecule has 1 aromatic heterocycles. The lowest BCUT2D eigenvalue weighted by Crippen LogP contribution is -2.38. The molecule has 0 aliphatic carbocycles. The fourth-order valence-electron chi connectivity index (χ4n) is 4.35. The molecule has 0 atom stereocenters. The van der Waals surface area contributed by atoms with E-state index in [4.69, 9.17) is 21.1 Å². The highest BCUT2D eigenvalue weighted by atomic mass is 35.5. The van der Waals surface area contributed by atoms with Crippen molar-refractivity contribution in [1.29, 1.82) is 0 Å². The number of H-pyrrole nitrogens is 1. The summed E-state index contributed by atoms with van der Waals surface area (Å²) in [6.07, 6.45) is 1.57. The van der Waals surface area contributed by atoms with Crippen molar-refractivity contribution in [2.45, 2.75) is 6.54 Å². The summed E-state index contributed by atoms with van der Waals surface area (Å²) in [6, 6.07) is 21.4. The second-order valence-electron chi connectivity index (χ2n) is 9.45. The first-order chi connectivity index (χ1) is 20.0. The Morgan fingerprint density at radius 2 is 1.76 bits per heavy atom. The average Bonchev–Trinajstić information content (AvgIpc) is 3.51. The third kappa shape index (κ3) is 8.07. The molecule has 3 aromatic carbocycles. The number of carbonyl (C=O) groups is 2. The van der Waals surface area contributed by atoms with E-state index in [1.54, 1.807) is 42.6 Å².